The van der Waals surface area contributed by atoms with Gasteiger partial charge in [0.15, 0.2) is 0 Å². The minimum Gasteiger partial charge on any atom is -0.462 e. The second-order valence-corrected chi connectivity index (χ2v) is 12.8. The Hall–Kier alpha value is -3.16. The van der Waals surface area contributed by atoms with Gasteiger partial charge in [-0.1, -0.05) is 22.5 Å². The van der Waals surface area contributed by atoms with E-state index in [2.05, 4.69) is 62.5 Å². The highest BCUT2D eigenvalue weighted by molar-refractivity contribution is 9.10. The average Bonchev–Trinajstić information content (AvgIpc) is 3.43. The van der Waals surface area contributed by atoms with Crippen LogP contribution in [-0.4, -0.2) is 84.1 Å². The van der Waals surface area contributed by atoms with Gasteiger partial charge in [-0.3, -0.25) is 4.79 Å². The van der Waals surface area contributed by atoms with Crippen molar-refractivity contribution in [3.63, 3.8) is 0 Å². The molecule has 1 amide bonds. The van der Waals surface area contributed by atoms with E-state index in [-0.39, 0.29) is 18.4 Å². The Kier molecular flexibility index (Phi) is 8.68. The number of nitrogens with zero attached hydrogens (tertiary/aromatic N) is 7. The molecule has 0 bridgehead atoms. The van der Waals surface area contributed by atoms with Crippen molar-refractivity contribution < 1.29 is 9.53 Å². The van der Waals surface area contributed by atoms with Crippen LogP contribution in [0.5, 0.6) is 6.01 Å². The van der Waals surface area contributed by atoms with Gasteiger partial charge in [0, 0.05) is 47.9 Å². The summed E-state index contributed by atoms with van der Waals surface area (Å²) in [5, 5.41) is 9.53. The lowest BCUT2D eigenvalue weighted by molar-refractivity contribution is -0.128. The molecule has 0 saturated carbocycles. The third-order valence-corrected chi connectivity index (χ3v) is 10.2. The molecule has 6 rings (SSSR count). The van der Waals surface area contributed by atoms with Gasteiger partial charge in [-0.05, 0) is 87.9 Å². The summed E-state index contributed by atoms with van der Waals surface area (Å²) < 4.78 is 7.53. The maximum absolute atomic E-state index is 12.5. The van der Waals surface area contributed by atoms with Crippen molar-refractivity contribution in [2.45, 2.75) is 70.0 Å². The largest absolute Gasteiger partial charge is 0.462 e. The molecule has 42 heavy (non-hydrogen) atoms. The van der Waals surface area contributed by atoms with Crippen molar-refractivity contribution in [1.82, 2.24) is 19.8 Å². The van der Waals surface area contributed by atoms with Crippen LogP contribution in [0.2, 0.25) is 0 Å². The quantitative estimate of drug-likeness (QED) is 0.418. The number of hydrogen-bond donors (Lipinski definition) is 0. The first kappa shape index (κ1) is 28.9. The molecule has 1 aromatic carbocycles. The molecule has 2 aromatic rings. The molecule has 4 heterocycles. The first-order chi connectivity index (χ1) is 20.5. The molecule has 4 aliphatic rings. The van der Waals surface area contributed by atoms with Crippen molar-refractivity contribution >= 4 is 33.3 Å². The zero-order chi connectivity index (χ0) is 29.2. The standard InChI is InChI=1S/C32H40BrN7O2/c1-3-30(41)40-18-17-39(19-22(40)12-14-34)31-26-13-16-38(29-11-10-27(33)24-8-4-5-9-25(24)29)20-28(26)35-32(36-31)42-21-23-7-6-15-37(23)2/h3,10-11,22-23H,1,4-9,12-13,15-21H2,2H3/t22-,23-/m0/s1. The van der Waals surface area contributed by atoms with Crippen LogP contribution in [0.4, 0.5) is 11.5 Å². The molecule has 2 saturated heterocycles. The van der Waals surface area contributed by atoms with Crippen LogP contribution < -0.4 is 14.5 Å². The van der Waals surface area contributed by atoms with Gasteiger partial charge in [0.2, 0.25) is 5.91 Å². The van der Waals surface area contributed by atoms with Gasteiger partial charge >= 0.3 is 6.01 Å². The van der Waals surface area contributed by atoms with E-state index in [9.17, 15) is 10.1 Å². The highest BCUT2D eigenvalue weighted by atomic mass is 79.9. The number of anilines is 2. The molecular formula is C32H40BrN7O2. The first-order valence-corrected chi connectivity index (χ1v) is 16.1. The van der Waals surface area contributed by atoms with Gasteiger partial charge in [-0.15, -0.1) is 0 Å². The van der Waals surface area contributed by atoms with Gasteiger partial charge < -0.3 is 24.3 Å². The zero-order valence-corrected chi connectivity index (χ0v) is 26.1. The highest BCUT2D eigenvalue weighted by Crippen LogP contribution is 2.38. The lowest BCUT2D eigenvalue weighted by Crippen LogP contribution is -2.55. The molecule has 1 aromatic heterocycles. The van der Waals surface area contributed by atoms with Crippen molar-refractivity contribution in [2.75, 3.05) is 56.2 Å². The van der Waals surface area contributed by atoms with Crippen LogP contribution >= 0.6 is 15.9 Å². The summed E-state index contributed by atoms with van der Waals surface area (Å²) in [6.07, 6.45) is 9.44. The molecule has 0 unspecified atom stereocenters. The van der Waals surface area contributed by atoms with Crippen molar-refractivity contribution in [1.29, 1.82) is 5.26 Å². The number of nitriles is 1. The highest BCUT2D eigenvalue weighted by Gasteiger charge is 2.34. The Morgan fingerprint density at radius 2 is 1.90 bits per heavy atom. The molecule has 2 atom stereocenters. The molecule has 1 aliphatic carbocycles. The molecule has 0 spiro atoms. The zero-order valence-electron chi connectivity index (χ0n) is 24.5. The van der Waals surface area contributed by atoms with Gasteiger partial charge in [-0.2, -0.15) is 15.2 Å². The Morgan fingerprint density at radius 1 is 1.07 bits per heavy atom. The van der Waals surface area contributed by atoms with E-state index >= 15 is 0 Å². The summed E-state index contributed by atoms with van der Waals surface area (Å²) in [7, 11) is 2.15. The molecule has 0 radical (unpaired) electrons. The van der Waals surface area contributed by atoms with Crippen molar-refractivity contribution in [3.8, 4) is 12.1 Å². The van der Waals surface area contributed by atoms with Crippen molar-refractivity contribution in [3.05, 3.63) is 51.6 Å². The number of hydrogen-bond acceptors (Lipinski definition) is 8. The van der Waals surface area contributed by atoms with E-state index in [1.54, 1.807) is 4.90 Å². The molecule has 9 nitrogen and oxygen atoms in total. The SMILES string of the molecule is C=CC(=O)N1CCN(c2nc(OC[C@@H]3CCCN3C)nc3c2CCN(c2ccc(Br)c4c2CCCC4)C3)C[C@@H]1CC#N. The summed E-state index contributed by atoms with van der Waals surface area (Å²) >= 11 is 3.80. The smallest absolute Gasteiger partial charge is 0.318 e. The third kappa shape index (κ3) is 5.73. The number of rotatable bonds is 7. The van der Waals surface area contributed by atoms with Gasteiger partial charge in [-0.25, -0.2) is 0 Å². The van der Waals surface area contributed by atoms with E-state index in [4.69, 9.17) is 14.7 Å². The van der Waals surface area contributed by atoms with E-state index in [0.717, 1.165) is 55.8 Å². The van der Waals surface area contributed by atoms with Gasteiger partial charge in [0.1, 0.15) is 12.4 Å². The molecule has 3 aliphatic heterocycles. The Bertz CT molecular complexity index is 1390. The monoisotopic (exact) mass is 633 g/mol. The number of ether oxygens (including phenoxy) is 1. The first-order valence-electron chi connectivity index (χ1n) is 15.3. The number of likely N-dealkylation sites (N-methyl/N-ethyl adjacent to an activating group) is 1. The van der Waals surface area contributed by atoms with E-state index < -0.39 is 0 Å². The molecular weight excluding hydrogens is 594 g/mol. The average molecular weight is 635 g/mol. The maximum Gasteiger partial charge on any atom is 0.318 e. The second-order valence-electron chi connectivity index (χ2n) is 11.9. The van der Waals surface area contributed by atoms with Crippen LogP contribution in [0.25, 0.3) is 0 Å². The predicted molar refractivity (Wildman–Crippen MR) is 167 cm³/mol. The minimum absolute atomic E-state index is 0.127. The number of amides is 1. The van der Waals surface area contributed by atoms with E-state index in [0.29, 0.717) is 44.8 Å². The van der Waals surface area contributed by atoms with Gasteiger partial charge in [0.05, 0.1) is 30.8 Å². The topological polar surface area (TPSA) is 88.8 Å². The summed E-state index contributed by atoms with van der Waals surface area (Å²) in [4.78, 5) is 31.4. The Labute approximate surface area is 257 Å². The Balaban J connectivity index is 1.32. The minimum atomic E-state index is -0.217. The summed E-state index contributed by atoms with van der Waals surface area (Å²) in [5.41, 5.74) is 6.40. The van der Waals surface area contributed by atoms with Crippen molar-refractivity contribution in [2.24, 2.45) is 0 Å². The number of benzene rings is 1. The number of carbonyl (C=O) groups excluding carboxylic acids is 1. The number of fused-ring (bicyclic) bond motifs is 2. The fraction of sp³-hybridized carbons (Fsp3) is 0.562. The Morgan fingerprint density at radius 3 is 2.67 bits per heavy atom. The number of aromatic nitrogens is 2. The number of halogens is 1. The van der Waals surface area contributed by atoms with Crippen LogP contribution in [-0.2, 0) is 30.6 Å². The van der Waals surface area contributed by atoms with Crippen LogP contribution in [0, 0.1) is 11.3 Å². The van der Waals surface area contributed by atoms with Crippen LogP contribution in [0.15, 0.2) is 29.3 Å². The fourth-order valence-electron chi connectivity index (χ4n) is 7.12. The number of likely N-dealkylation sites (tertiary alicyclic amines) is 1. The molecule has 0 N–H and O–H groups in total. The van der Waals surface area contributed by atoms with E-state index in [1.165, 1.54) is 46.6 Å². The fourth-order valence-corrected chi connectivity index (χ4v) is 7.69. The summed E-state index contributed by atoms with van der Waals surface area (Å²) in [6.45, 7) is 8.62. The normalized spacial score (nSPS) is 22.4. The lowest BCUT2D eigenvalue weighted by atomic mass is 9.89. The number of piperazine rings is 1. The maximum atomic E-state index is 12.5. The van der Waals surface area contributed by atoms with Crippen LogP contribution in [0.1, 0.15) is 54.5 Å². The van der Waals surface area contributed by atoms with Crippen LogP contribution in [0.3, 0.4) is 0 Å². The third-order valence-electron chi connectivity index (χ3n) is 9.46. The summed E-state index contributed by atoms with van der Waals surface area (Å²) in [6, 6.07) is 7.31. The number of carbonyl (C=O) groups is 1. The molecule has 222 valence electrons. The second kappa shape index (κ2) is 12.6. The molecule has 10 heteroatoms. The van der Waals surface area contributed by atoms with E-state index in [1.807, 2.05) is 0 Å². The summed E-state index contributed by atoms with van der Waals surface area (Å²) in [5.74, 6) is 0.763. The van der Waals surface area contributed by atoms with Gasteiger partial charge in [0.25, 0.3) is 0 Å². The predicted octanol–water partition coefficient (Wildman–Crippen LogP) is 4.27. The molecule has 2 fully saturated rings. The lowest BCUT2D eigenvalue weighted by Gasteiger charge is -2.42.